The van der Waals surface area contributed by atoms with Crippen LogP contribution in [0.5, 0.6) is 0 Å². The van der Waals surface area contributed by atoms with Gasteiger partial charge in [0, 0.05) is 12.6 Å². The molecule has 0 bridgehead atoms. The van der Waals surface area contributed by atoms with E-state index in [4.69, 9.17) is 0 Å². The van der Waals surface area contributed by atoms with E-state index in [0.717, 1.165) is 24.9 Å². The standard InChI is InChI=1S/C15H22N2O2/c1-16-11-15(19)17-9-5-8-13(17)10-14(18)12-6-3-2-4-7-12/h2-4,6-7,13-14,16,18H,5,8-11H2,1H3. The van der Waals surface area contributed by atoms with Crippen LogP contribution in [0.2, 0.25) is 0 Å². The average molecular weight is 262 g/mol. The van der Waals surface area contributed by atoms with Crippen LogP contribution in [0.15, 0.2) is 30.3 Å². The van der Waals surface area contributed by atoms with Crippen molar-refractivity contribution in [1.29, 1.82) is 0 Å². The number of carbonyl (C=O) groups excluding carboxylic acids is 1. The summed E-state index contributed by atoms with van der Waals surface area (Å²) in [5, 5.41) is 13.2. The number of aliphatic hydroxyl groups is 1. The fourth-order valence-electron chi connectivity index (χ4n) is 2.73. The van der Waals surface area contributed by atoms with Crippen molar-refractivity contribution in [3.63, 3.8) is 0 Å². The maximum absolute atomic E-state index is 12.0. The van der Waals surface area contributed by atoms with Crippen LogP contribution < -0.4 is 5.32 Å². The van der Waals surface area contributed by atoms with Crippen LogP contribution in [0.3, 0.4) is 0 Å². The second kappa shape index (κ2) is 6.68. The molecule has 2 atom stereocenters. The van der Waals surface area contributed by atoms with Crippen LogP contribution in [0, 0.1) is 0 Å². The molecule has 1 amide bonds. The van der Waals surface area contributed by atoms with Crippen LogP contribution in [-0.2, 0) is 4.79 Å². The van der Waals surface area contributed by atoms with Crippen LogP contribution in [0.4, 0.5) is 0 Å². The Labute approximate surface area is 114 Å². The summed E-state index contributed by atoms with van der Waals surface area (Å²) >= 11 is 0. The molecule has 0 aliphatic carbocycles. The molecule has 2 rings (SSSR count). The van der Waals surface area contributed by atoms with E-state index in [2.05, 4.69) is 5.32 Å². The molecular formula is C15H22N2O2. The molecule has 1 fully saturated rings. The van der Waals surface area contributed by atoms with Gasteiger partial charge in [0.15, 0.2) is 0 Å². The minimum absolute atomic E-state index is 0.130. The first-order valence-electron chi connectivity index (χ1n) is 6.89. The van der Waals surface area contributed by atoms with Crippen LogP contribution in [0.1, 0.15) is 30.9 Å². The average Bonchev–Trinajstić information content (AvgIpc) is 2.88. The lowest BCUT2D eigenvalue weighted by molar-refractivity contribution is -0.131. The lowest BCUT2D eigenvalue weighted by Crippen LogP contribution is -2.40. The fourth-order valence-corrected chi connectivity index (χ4v) is 2.73. The monoisotopic (exact) mass is 262 g/mol. The zero-order valence-corrected chi connectivity index (χ0v) is 11.4. The summed E-state index contributed by atoms with van der Waals surface area (Å²) in [6, 6.07) is 9.82. The van der Waals surface area contributed by atoms with Crippen molar-refractivity contribution in [1.82, 2.24) is 10.2 Å². The number of hydrogen-bond acceptors (Lipinski definition) is 3. The molecule has 0 aromatic heterocycles. The smallest absolute Gasteiger partial charge is 0.236 e. The van der Waals surface area contributed by atoms with Crippen molar-refractivity contribution in [3.8, 4) is 0 Å². The summed E-state index contributed by atoms with van der Waals surface area (Å²) in [6.45, 7) is 1.19. The normalized spacial score (nSPS) is 20.5. The Balaban J connectivity index is 1.96. The third-order valence-corrected chi connectivity index (χ3v) is 3.71. The molecule has 1 aromatic rings. The number of likely N-dealkylation sites (tertiary alicyclic amines) is 1. The Morgan fingerprint density at radius 3 is 2.89 bits per heavy atom. The van der Waals surface area contributed by atoms with Crippen molar-refractivity contribution in [3.05, 3.63) is 35.9 Å². The van der Waals surface area contributed by atoms with E-state index in [0.29, 0.717) is 13.0 Å². The summed E-state index contributed by atoms with van der Waals surface area (Å²) in [5.41, 5.74) is 0.926. The molecule has 2 unspecified atom stereocenters. The highest BCUT2D eigenvalue weighted by atomic mass is 16.3. The Bertz CT molecular complexity index is 408. The van der Waals surface area contributed by atoms with Crippen LogP contribution in [0.25, 0.3) is 0 Å². The summed E-state index contributed by atoms with van der Waals surface area (Å²) in [4.78, 5) is 13.9. The molecule has 4 heteroatoms. The van der Waals surface area contributed by atoms with E-state index in [1.165, 1.54) is 0 Å². The third kappa shape index (κ3) is 3.55. The molecule has 1 aromatic carbocycles. The van der Waals surface area contributed by atoms with Crippen molar-refractivity contribution in [2.45, 2.75) is 31.4 Å². The fraction of sp³-hybridized carbons (Fsp3) is 0.533. The minimum atomic E-state index is -0.491. The third-order valence-electron chi connectivity index (χ3n) is 3.71. The molecular weight excluding hydrogens is 240 g/mol. The van der Waals surface area contributed by atoms with Gasteiger partial charge in [-0.3, -0.25) is 4.79 Å². The van der Waals surface area contributed by atoms with Gasteiger partial charge in [0.1, 0.15) is 0 Å². The van der Waals surface area contributed by atoms with Gasteiger partial charge in [0.25, 0.3) is 0 Å². The highest BCUT2D eigenvalue weighted by molar-refractivity contribution is 5.78. The first kappa shape index (κ1) is 14.0. The molecule has 0 radical (unpaired) electrons. The molecule has 104 valence electrons. The molecule has 1 aliphatic rings. The van der Waals surface area contributed by atoms with Gasteiger partial charge in [0.2, 0.25) is 5.91 Å². The molecule has 4 nitrogen and oxygen atoms in total. The number of amides is 1. The molecule has 19 heavy (non-hydrogen) atoms. The number of nitrogens with one attached hydrogen (secondary N) is 1. The first-order valence-corrected chi connectivity index (χ1v) is 6.89. The number of likely N-dealkylation sites (N-methyl/N-ethyl adjacent to an activating group) is 1. The van der Waals surface area contributed by atoms with Gasteiger partial charge in [-0.25, -0.2) is 0 Å². The maximum Gasteiger partial charge on any atom is 0.236 e. The minimum Gasteiger partial charge on any atom is -0.388 e. The van der Waals surface area contributed by atoms with Crippen LogP contribution in [-0.4, -0.2) is 42.1 Å². The summed E-state index contributed by atoms with van der Waals surface area (Å²) < 4.78 is 0. The highest BCUT2D eigenvalue weighted by Gasteiger charge is 2.30. The topological polar surface area (TPSA) is 52.6 Å². The Morgan fingerprint density at radius 1 is 1.47 bits per heavy atom. The second-order valence-electron chi connectivity index (χ2n) is 5.08. The van der Waals surface area contributed by atoms with E-state index in [1.54, 1.807) is 7.05 Å². The number of benzene rings is 1. The second-order valence-corrected chi connectivity index (χ2v) is 5.08. The lowest BCUT2D eigenvalue weighted by Gasteiger charge is -2.26. The molecule has 0 spiro atoms. The summed E-state index contributed by atoms with van der Waals surface area (Å²) in [7, 11) is 1.78. The predicted molar refractivity (Wildman–Crippen MR) is 74.7 cm³/mol. The number of hydrogen-bond donors (Lipinski definition) is 2. The van der Waals surface area contributed by atoms with Gasteiger partial charge < -0.3 is 15.3 Å². The summed E-state index contributed by atoms with van der Waals surface area (Å²) in [5.74, 6) is 0.130. The van der Waals surface area contributed by atoms with Gasteiger partial charge in [-0.05, 0) is 31.9 Å². The van der Waals surface area contributed by atoms with Gasteiger partial charge in [0.05, 0.1) is 12.6 Å². The van der Waals surface area contributed by atoms with Gasteiger partial charge in [-0.2, -0.15) is 0 Å². The Kier molecular flexibility index (Phi) is 4.93. The highest BCUT2D eigenvalue weighted by Crippen LogP contribution is 2.27. The van der Waals surface area contributed by atoms with Gasteiger partial charge >= 0.3 is 0 Å². The van der Waals surface area contributed by atoms with Gasteiger partial charge in [-0.1, -0.05) is 30.3 Å². The van der Waals surface area contributed by atoms with E-state index in [1.807, 2.05) is 35.2 Å². The number of rotatable bonds is 5. The number of aliphatic hydroxyl groups excluding tert-OH is 1. The number of nitrogens with zero attached hydrogens (tertiary/aromatic N) is 1. The predicted octanol–water partition coefficient (Wildman–Crippen LogP) is 1.32. The first-order chi connectivity index (χ1) is 9.22. The maximum atomic E-state index is 12.0. The van der Waals surface area contributed by atoms with Crippen molar-refractivity contribution < 1.29 is 9.90 Å². The Morgan fingerprint density at radius 2 is 2.21 bits per heavy atom. The van der Waals surface area contributed by atoms with E-state index >= 15 is 0 Å². The lowest BCUT2D eigenvalue weighted by atomic mass is 10.0. The van der Waals surface area contributed by atoms with Crippen molar-refractivity contribution in [2.75, 3.05) is 20.1 Å². The molecule has 2 N–H and O–H groups in total. The molecule has 0 saturated carbocycles. The zero-order valence-electron chi connectivity index (χ0n) is 11.4. The quantitative estimate of drug-likeness (QED) is 0.841. The van der Waals surface area contributed by atoms with E-state index < -0.39 is 6.10 Å². The van der Waals surface area contributed by atoms with E-state index in [9.17, 15) is 9.90 Å². The number of carbonyl (C=O) groups is 1. The SMILES string of the molecule is CNCC(=O)N1CCCC1CC(O)c1ccccc1. The zero-order chi connectivity index (χ0) is 13.7. The molecule has 1 aliphatic heterocycles. The molecule has 1 saturated heterocycles. The Hall–Kier alpha value is -1.39. The van der Waals surface area contributed by atoms with Crippen molar-refractivity contribution >= 4 is 5.91 Å². The van der Waals surface area contributed by atoms with Crippen molar-refractivity contribution in [2.24, 2.45) is 0 Å². The van der Waals surface area contributed by atoms with E-state index in [-0.39, 0.29) is 11.9 Å². The molecule has 1 heterocycles. The largest absolute Gasteiger partial charge is 0.388 e. The van der Waals surface area contributed by atoms with Crippen LogP contribution >= 0.6 is 0 Å². The summed E-state index contributed by atoms with van der Waals surface area (Å²) in [6.07, 6.45) is 2.15. The van der Waals surface area contributed by atoms with Gasteiger partial charge in [-0.15, -0.1) is 0 Å².